The summed E-state index contributed by atoms with van der Waals surface area (Å²) >= 11 is 0. The van der Waals surface area contributed by atoms with Gasteiger partial charge < -0.3 is 0 Å². The van der Waals surface area contributed by atoms with E-state index in [9.17, 15) is 8.78 Å². The van der Waals surface area contributed by atoms with Crippen LogP contribution in [0.5, 0.6) is 0 Å². The minimum absolute atomic E-state index is 0.280. The maximum Gasteiger partial charge on any atom is 0.130 e. The molecule has 30 heavy (non-hydrogen) atoms. The zero-order chi connectivity index (χ0) is 21.3. The Morgan fingerprint density at radius 2 is 1.40 bits per heavy atom. The Labute approximate surface area is 178 Å². The zero-order valence-electron chi connectivity index (χ0n) is 17.6. The molecule has 3 rings (SSSR count). The van der Waals surface area contributed by atoms with Crippen molar-refractivity contribution in [3.05, 3.63) is 118 Å². The van der Waals surface area contributed by atoms with Gasteiger partial charge in [0.2, 0.25) is 0 Å². The molecule has 2 heteroatoms. The first-order valence-corrected chi connectivity index (χ1v) is 10.5. The summed E-state index contributed by atoms with van der Waals surface area (Å²) in [5.41, 5.74) is 4.09. The minimum atomic E-state index is -0.285. The summed E-state index contributed by atoms with van der Waals surface area (Å²) in [7, 11) is 0. The molecule has 0 bridgehead atoms. The third kappa shape index (κ3) is 6.00. The summed E-state index contributed by atoms with van der Waals surface area (Å²) in [5.74, 6) is -0.252. The predicted molar refractivity (Wildman–Crippen MR) is 123 cm³/mol. The van der Waals surface area contributed by atoms with Crippen molar-refractivity contribution >= 4 is 12.2 Å². The van der Waals surface area contributed by atoms with E-state index in [0.29, 0.717) is 17.0 Å². The maximum absolute atomic E-state index is 14.6. The standard InChI is InChI=1S/C28H28F2/c1-3-4-6-9-22-12-14-25(27(29)19-22)16-17-26-15-13-23(20-28(26)30)18-21(2)24-10-7-5-8-11-24/h3-5,7-8,10-17,19-21H,6,9,18H2,1-2H3/t21-/m1/s1. The highest BCUT2D eigenvalue weighted by Crippen LogP contribution is 2.23. The van der Waals surface area contributed by atoms with Crippen molar-refractivity contribution in [1.82, 2.24) is 0 Å². The fourth-order valence-corrected chi connectivity index (χ4v) is 3.54. The van der Waals surface area contributed by atoms with Gasteiger partial charge in [-0.15, -0.1) is 0 Å². The van der Waals surface area contributed by atoms with E-state index >= 15 is 0 Å². The van der Waals surface area contributed by atoms with E-state index in [1.165, 1.54) is 5.56 Å². The molecule has 0 heterocycles. The molecule has 0 unspecified atom stereocenters. The lowest BCUT2D eigenvalue weighted by Crippen LogP contribution is -1.99. The van der Waals surface area contributed by atoms with Gasteiger partial charge in [0.25, 0.3) is 0 Å². The Balaban J connectivity index is 1.67. The molecule has 0 radical (unpaired) electrons. The van der Waals surface area contributed by atoms with Crippen LogP contribution in [0, 0.1) is 11.6 Å². The van der Waals surface area contributed by atoms with Crippen LogP contribution in [0.4, 0.5) is 8.78 Å². The molecule has 0 spiro atoms. The van der Waals surface area contributed by atoms with E-state index < -0.39 is 0 Å². The fourth-order valence-electron chi connectivity index (χ4n) is 3.54. The highest BCUT2D eigenvalue weighted by atomic mass is 19.1. The molecule has 0 aliphatic rings. The molecule has 154 valence electrons. The van der Waals surface area contributed by atoms with Crippen molar-refractivity contribution in [2.45, 2.75) is 39.0 Å². The van der Waals surface area contributed by atoms with Gasteiger partial charge in [0.05, 0.1) is 0 Å². The summed E-state index contributed by atoms with van der Waals surface area (Å²) in [4.78, 5) is 0. The van der Waals surface area contributed by atoms with Gasteiger partial charge >= 0.3 is 0 Å². The predicted octanol–water partition coefficient (Wildman–Crippen LogP) is 7.99. The molecule has 0 aliphatic heterocycles. The van der Waals surface area contributed by atoms with Crippen molar-refractivity contribution in [2.75, 3.05) is 0 Å². The van der Waals surface area contributed by atoms with E-state index in [-0.39, 0.29) is 11.6 Å². The van der Waals surface area contributed by atoms with Gasteiger partial charge in [-0.1, -0.05) is 85.8 Å². The van der Waals surface area contributed by atoms with Crippen LogP contribution in [0.2, 0.25) is 0 Å². The molecule has 1 atom stereocenters. The van der Waals surface area contributed by atoms with E-state index in [4.69, 9.17) is 0 Å². The molecular formula is C28H28F2. The second kappa shape index (κ2) is 10.7. The Morgan fingerprint density at radius 1 is 0.800 bits per heavy atom. The second-order valence-electron chi connectivity index (χ2n) is 7.67. The lowest BCUT2D eigenvalue weighted by molar-refractivity contribution is 0.619. The molecule has 0 aliphatic carbocycles. The number of hydrogen-bond donors (Lipinski definition) is 0. The first-order valence-electron chi connectivity index (χ1n) is 10.5. The lowest BCUT2D eigenvalue weighted by Gasteiger charge is -2.12. The van der Waals surface area contributed by atoms with Gasteiger partial charge in [-0.3, -0.25) is 0 Å². The van der Waals surface area contributed by atoms with Gasteiger partial charge in [0, 0.05) is 11.1 Å². The van der Waals surface area contributed by atoms with E-state index in [1.54, 1.807) is 36.4 Å². The van der Waals surface area contributed by atoms with Crippen LogP contribution >= 0.6 is 0 Å². The smallest absolute Gasteiger partial charge is 0.130 e. The minimum Gasteiger partial charge on any atom is -0.206 e. The highest BCUT2D eigenvalue weighted by Gasteiger charge is 2.08. The van der Waals surface area contributed by atoms with Crippen LogP contribution in [-0.4, -0.2) is 0 Å². The van der Waals surface area contributed by atoms with Crippen molar-refractivity contribution in [3.8, 4) is 0 Å². The van der Waals surface area contributed by atoms with Gasteiger partial charge in [0.1, 0.15) is 11.6 Å². The quantitative estimate of drug-likeness (QED) is 0.264. The Bertz CT molecular complexity index is 1020. The molecule has 0 nitrogen and oxygen atoms in total. The lowest BCUT2D eigenvalue weighted by atomic mass is 9.93. The third-order valence-electron chi connectivity index (χ3n) is 5.32. The first kappa shape index (κ1) is 21.7. The first-order chi connectivity index (χ1) is 14.6. The highest BCUT2D eigenvalue weighted by molar-refractivity contribution is 5.70. The summed E-state index contributed by atoms with van der Waals surface area (Å²) in [6.07, 6.45) is 9.81. The average molecular weight is 403 g/mol. The molecule has 0 saturated carbocycles. The van der Waals surface area contributed by atoms with Gasteiger partial charge in [-0.05, 0) is 60.9 Å². The van der Waals surface area contributed by atoms with Gasteiger partial charge in [0.15, 0.2) is 0 Å². The summed E-state index contributed by atoms with van der Waals surface area (Å²) in [5, 5.41) is 0. The topological polar surface area (TPSA) is 0 Å². The Kier molecular flexibility index (Phi) is 7.73. The number of hydrogen-bond acceptors (Lipinski definition) is 0. The Hall–Kier alpha value is -3.00. The number of benzene rings is 3. The van der Waals surface area contributed by atoms with Crippen molar-refractivity contribution < 1.29 is 8.78 Å². The Morgan fingerprint density at radius 3 is 2.00 bits per heavy atom. The van der Waals surface area contributed by atoms with Crippen LogP contribution in [0.3, 0.4) is 0 Å². The molecule has 3 aromatic carbocycles. The van der Waals surface area contributed by atoms with Crippen LogP contribution in [0.1, 0.15) is 54.0 Å². The van der Waals surface area contributed by atoms with E-state index in [2.05, 4.69) is 25.1 Å². The molecule has 0 N–H and O–H groups in total. The van der Waals surface area contributed by atoms with Crippen molar-refractivity contribution in [2.24, 2.45) is 0 Å². The summed E-state index contributed by atoms with van der Waals surface area (Å²) in [6, 6.07) is 20.8. The number of allylic oxidation sites excluding steroid dienone is 2. The molecule has 0 amide bonds. The second-order valence-corrected chi connectivity index (χ2v) is 7.67. The molecule has 0 saturated heterocycles. The number of halogens is 2. The number of aryl methyl sites for hydroxylation is 1. The summed E-state index contributed by atoms with van der Waals surface area (Å²) in [6.45, 7) is 4.12. The van der Waals surface area contributed by atoms with E-state index in [1.807, 2.05) is 43.3 Å². The maximum atomic E-state index is 14.6. The molecular weight excluding hydrogens is 374 g/mol. The van der Waals surface area contributed by atoms with Crippen LogP contribution in [-0.2, 0) is 12.8 Å². The molecule has 0 fully saturated rings. The summed E-state index contributed by atoms with van der Waals surface area (Å²) < 4.78 is 29.0. The van der Waals surface area contributed by atoms with Crippen molar-refractivity contribution in [1.29, 1.82) is 0 Å². The fraction of sp³-hybridized carbons (Fsp3) is 0.214. The third-order valence-corrected chi connectivity index (χ3v) is 5.32. The van der Waals surface area contributed by atoms with Crippen molar-refractivity contribution in [3.63, 3.8) is 0 Å². The largest absolute Gasteiger partial charge is 0.206 e. The molecule has 0 aromatic heterocycles. The average Bonchev–Trinajstić information content (AvgIpc) is 2.75. The van der Waals surface area contributed by atoms with Crippen LogP contribution < -0.4 is 0 Å². The van der Waals surface area contributed by atoms with Crippen LogP contribution in [0.15, 0.2) is 78.9 Å². The van der Waals surface area contributed by atoms with E-state index in [0.717, 1.165) is 30.4 Å². The monoisotopic (exact) mass is 402 g/mol. The SMILES string of the molecule is CC=CCCc1ccc(C=Cc2ccc(C[C@@H](C)c3ccccc3)cc2F)c(F)c1. The zero-order valence-corrected chi connectivity index (χ0v) is 17.6. The number of rotatable bonds is 8. The normalized spacial score (nSPS) is 12.7. The van der Waals surface area contributed by atoms with Gasteiger partial charge in [-0.2, -0.15) is 0 Å². The van der Waals surface area contributed by atoms with Crippen LogP contribution in [0.25, 0.3) is 12.2 Å². The molecule has 3 aromatic rings. The van der Waals surface area contributed by atoms with Gasteiger partial charge in [-0.25, -0.2) is 8.78 Å².